The van der Waals surface area contributed by atoms with Crippen molar-refractivity contribution >= 4 is 23.2 Å². The van der Waals surface area contributed by atoms with Crippen LogP contribution in [0.4, 0.5) is 11.4 Å². The number of nitrogens with one attached hydrogen (secondary N) is 2. The average molecular weight is 404 g/mol. The summed E-state index contributed by atoms with van der Waals surface area (Å²) < 4.78 is 11.3. The molecule has 0 heterocycles. The first-order chi connectivity index (χ1) is 14.6. The summed E-state index contributed by atoms with van der Waals surface area (Å²) in [5, 5.41) is 5.60. The molecule has 0 unspecified atom stereocenters. The maximum atomic E-state index is 12.5. The number of hydrogen-bond acceptors (Lipinski definition) is 4. The molecule has 2 N–H and O–H groups in total. The second kappa shape index (κ2) is 10.7. The van der Waals surface area contributed by atoms with Gasteiger partial charge in [0.1, 0.15) is 24.7 Å². The molecule has 154 valence electrons. The number of benzene rings is 3. The summed E-state index contributed by atoms with van der Waals surface area (Å²) in [7, 11) is 0. The van der Waals surface area contributed by atoms with Crippen molar-refractivity contribution in [2.45, 2.75) is 13.3 Å². The highest BCUT2D eigenvalue weighted by molar-refractivity contribution is 6.04. The van der Waals surface area contributed by atoms with Crippen LogP contribution in [0.3, 0.4) is 0 Å². The van der Waals surface area contributed by atoms with Gasteiger partial charge in [0.25, 0.3) is 5.91 Å². The summed E-state index contributed by atoms with van der Waals surface area (Å²) >= 11 is 0. The Morgan fingerprint density at radius 2 is 1.33 bits per heavy atom. The highest BCUT2D eigenvalue weighted by Crippen LogP contribution is 2.18. The molecule has 0 aliphatic rings. The Kier molecular flexibility index (Phi) is 7.44. The number of amides is 2. The van der Waals surface area contributed by atoms with Crippen molar-refractivity contribution in [1.82, 2.24) is 0 Å². The van der Waals surface area contributed by atoms with Crippen LogP contribution in [0.1, 0.15) is 23.7 Å². The number of carbonyl (C=O) groups excluding carboxylic acids is 2. The molecule has 0 radical (unpaired) electrons. The van der Waals surface area contributed by atoms with Crippen molar-refractivity contribution in [3.8, 4) is 11.5 Å². The third-order valence-corrected chi connectivity index (χ3v) is 4.21. The maximum Gasteiger partial charge on any atom is 0.255 e. The molecule has 6 nitrogen and oxygen atoms in total. The molecule has 0 aliphatic carbocycles. The van der Waals surface area contributed by atoms with E-state index in [2.05, 4.69) is 10.6 Å². The third-order valence-electron chi connectivity index (χ3n) is 4.21. The molecule has 2 amide bonds. The van der Waals surface area contributed by atoms with Gasteiger partial charge in [-0.2, -0.15) is 0 Å². The Labute approximate surface area is 175 Å². The van der Waals surface area contributed by atoms with Gasteiger partial charge in [-0.25, -0.2) is 0 Å². The van der Waals surface area contributed by atoms with Gasteiger partial charge >= 0.3 is 0 Å². The van der Waals surface area contributed by atoms with Gasteiger partial charge in [0.15, 0.2) is 0 Å². The molecule has 3 aromatic rings. The zero-order valence-corrected chi connectivity index (χ0v) is 16.8. The number of para-hydroxylation sites is 1. The first-order valence-electron chi connectivity index (χ1n) is 9.76. The molecule has 3 aromatic carbocycles. The molecule has 6 heteroatoms. The second-order valence-corrected chi connectivity index (χ2v) is 6.47. The fourth-order valence-electron chi connectivity index (χ4n) is 2.65. The largest absolute Gasteiger partial charge is 0.490 e. The van der Waals surface area contributed by atoms with Gasteiger partial charge in [0.05, 0.1) is 0 Å². The molecule has 0 aromatic heterocycles. The molecule has 0 fully saturated rings. The van der Waals surface area contributed by atoms with Crippen molar-refractivity contribution in [2.75, 3.05) is 23.8 Å². The van der Waals surface area contributed by atoms with Crippen molar-refractivity contribution in [3.63, 3.8) is 0 Å². The fraction of sp³-hybridized carbons (Fsp3) is 0.167. The number of anilines is 2. The molecular formula is C24H24N2O4. The predicted molar refractivity (Wildman–Crippen MR) is 117 cm³/mol. The van der Waals surface area contributed by atoms with E-state index in [0.29, 0.717) is 42.3 Å². The summed E-state index contributed by atoms with van der Waals surface area (Å²) in [4.78, 5) is 24.0. The molecule has 3 rings (SSSR count). The van der Waals surface area contributed by atoms with Gasteiger partial charge in [-0.1, -0.05) is 31.2 Å². The summed E-state index contributed by atoms with van der Waals surface area (Å²) in [5.74, 6) is 1.08. The van der Waals surface area contributed by atoms with Crippen LogP contribution in [0, 0.1) is 0 Å². The molecule has 0 saturated heterocycles. The molecule has 0 spiro atoms. The van der Waals surface area contributed by atoms with Gasteiger partial charge in [-0.3, -0.25) is 9.59 Å². The lowest BCUT2D eigenvalue weighted by atomic mass is 10.2. The first-order valence-corrected chi connectivity index (χ1v) is 9.76. The van der Waals surface area contributed by atoms with Crippen LogP contribution in [-0.2, 0) is 4.79 Å². The number of ether oxygens (including phenoxy) is 2. The SMILES string of the molecule is CCC(=O)Nc1ccc(NC(=O)c2cccc(OCCOc3ccccc3)c2)cc1. The summed E-state index contributed by atoms with van der Waals surface area (Å²) in [6.07, 6.45) is 0.412. The van der Waals surface area contributed by atoms with Gasteiger partial charge in [0, 0.05) is 23.4 Å². The van der Waals surface area contributed by atoms with Crippen LogP contribution in [0.2, 0.25) is 0 Å². The Hall–Kier alpha value is -3.80. The minimum atomic E-state index is -0.244. The van der Waals surface area contributed by atoms with E-state index < -0.39 is 0 Å². The van der Waals surface area contributed by atoms with Crippen LogP contribution in [0.5, 0.6) is 11.5 Å². The maximum absolute atomic E-state index is 12.5. The summed E-state index contributed by atoms with van der Waals surface area (Å²) in [6.45, 7) is 2.56. The lowest BCUT2D eigenvalue weighted by Gasteiger charge is -2.10. The lowest BCUT2D eigenvalue weighted by molar-refractivity contribution is -0.115. The van der Waals surface area contributed by atoms with Crippen LogP contribution >= 0.6 is 0 Å². The summed E-state index contributed by atoms with van der Waals surface area (Å²) in [5.41, 5.74) is 1.81. The quantitative estimate of drug-likeness (QED) is 0.505. The summed E-state index contributed by atoms with van der Waals surface area (Å²) in [6, 6.07) is 23.5. The van der Waals surface area contributed by atoms with Crippen molar-refractivity contribution in [2.24, 2.45) is 0 Å². The monoisotopic (exact) mass is 404 g/mol. The predicted octanol–water partition coefficient (Wildman–Crippen LogP) is 4.75. The van der Waals surface area contributed by atoms with Gasteiger partial charge in [0.2, 0.25) is 5.91 Å². The zero-order chi connectivity index (χ0) is 21.2. The number of rotatable bonds is 9. The topological polar surface area (TPSA) is 76.7 Å². The van der Waals surface area contributed by atoms with E-state index in [1.165, 1.54) is 0 Å². The van der Waals surface area contributed by atoms with E-state index in [9.17, 15) is 9.59 Å². The van der Waals surface area contributed by atoms with E-state index in [1.54, 1.807) is 55.5 Å². The Balaban J connectivity index is 1.50. The molecule has 0 aliphatic heterocycles. The average Bonchev–Trinajstić information content (AvgIpc) is 2.79. The molecular weight excluding hydrogens is 380 g/mol. The van der Waals surface area contributed by atoms with E-state index >= 15 is 0 Å². The number of hydrogen-bond donors (Lipinski definition) is 2. The Morgan fingerprint density at radius 1 is 0.733 bits per heavy atom. The smallest absolute Gasteiger partial charge is 0.255 e. The van der Waals surface area contributed by atoms with Crippen LogP contribution in [0.15, 0.2) is 78.9 Å². The highest BCUT2D eigenvalue weighted by Gasteiger charge is 2.08. The van der Waals surface area contributed by atoms with Crippen molar-refractivity contribution in [3.05, 3.63) is 84.4 Å². The van der Waals surface area contributed by atoms with Crippen LogP contribution in [-0.4, -0.2) is 25.0 Å². The third kappa shape index (κ3) is 6.38. The zero-order valence-electron chi connectivity index (χ0n) is 16.8. The van der Waals surface area contributed by atoms with Gasteiger partial charge in [-0.15, -0.1) is 0 Å². The number of carbonyl (C=O) groups is 2. The van der Waals surface area contributed by atoms with Crippen LogP contribution < -0.4 is 20.1 Å². The van der Waals surface area contributed by atoms with E-state index in [0.717, 1.165) is 5.75 Å². The van der Waals surface area contributed by atoms with E-state index in [1.807, 2.05) is 30.3 Å². The molecule has 0 atom stereocenters. The van der Waals surface area contributed by atoms with Gasteiger partial charge in [-0.05, 0) is 54.6 Å². The fourth-order valence-corrected chi connectivity index (χ4v) is 2.65. The van der Waals surface area contributed by atoms with Crippen molar-refractivity contribution in [1.29, 1.82) is 0 Å². The minimum absolute atomic E-state index is 0.0576. The first kappa shape index (κ1) is 20.9. The standard InChI is InChI=1S/C24H24N2O4/c1-2-23(27)25-19-11-13-20(14-12-19)26-24(28)18-7-6-10-22(17-18)30-16-15-29-21-8-4-3-5-9-21/h3-14,17H,2,15-16H2,1H3,(H,25,27)(H,26,28). The minimum Gasteiger partial charge on any atom is -0.490 e. The van der Waals surface area contributed by atoms with E-state index in [-0.39, 0.29) is 11.8 Å². The second-order valence-electron chi connectivity index (χ2n) is 6.47. The molecule has 30 heavy (non-hydrogen) atoms. The Morgan fingerprint density at radius 3 is 2.00 bits per heavy atom. The molecule has 0 saturated carbocycles. The van der Waals surface area contributed by atoms with Crippen LogP contribution in [0.25, 0.3) is 0 Å². The highest BCUT2D eigenvalue weighted by atomic mass is 16.5. The van der Waals surface area contributed by atoms with Crippen molar-refractivity contribution < 1.29 is 19.1 Å². The normalized spacial score (nSPS) is 10.2. The molecule has 0 bridgehead atoms. The lowest BCUT2D eigenvalue weighted by Crippen LogP contribution is -2.13. The van der Waals surface area contributed by atoms with Gasteiger partial charge < -0.3 is 20.1 Å². The Bertz CT molecular complexity index is 972. The van der Waals surface area contributed by atoms with E-state index in [4.69, 9.17) is 9.47 Å².